The molecule has 27 heavy (non-hydrogen) atoms. The van der Waals surface area contributed by atoms with Gasteiger partial charge in [0.2, 0.25) is 0 Å². The van der Waals surface area contributed by atoms with Gasteiger partial charge in [0, 0.05) is 26.1 Å². The quantitative estimate of drug-likeness (QED) is 0.341. The lowest BCUT2D eigenvalue weighted by Gasteiger charge is -2.05. The molecular formula is C25H24OS. The van der Waals surface area contributed by atoms with E-state index < -0.39 is 0 Å². The van der Waals surface area contributed by atoms with Gasteiger partial charge in [-0.15, -0.1) is 11.3 Å². The predicted molar refractivity (Wildman–Crippen MR) is 118 cm³/mol. The standard InChI is InChI=1S/C23H18OS.C2H6/c1-15-8-11-18(12-9-15)23-21(22(24)17-6-4-3-5-7-17)19-13-10-16(2)14-20(19)25-23;1-2/h3-14H,1-2H3;1-2H3. The Morgan fingerprint density at radius 1 is 0.778 bits per heavy atom. The van der Waals surface area contributed by atoms with E-state index in [4.69, 9.17) is 0 Å². The molecular weight excluding hydrogens is 348 g/mol. The molecule has 0 radical (unpaired) electrons. The van der Waals surface area contributed by atoms with E-state index in [0.29, 0.717) is 0 Å². The fourth-order valence-electron chi connectivity index (χ4n) is 3.07. The van der Waals surface area contributed by atoms with Crippen LogP contribution in [0.5, 0.6) is 0 Å². The number of rotatable bonds is 3. The van der Waals surface area contributed by atoms with Crippen LogP contribution in [0.25, 0.3) is 20.5 Å². The summed E-state index contributed by atoms with van der Waals surface area (Å²) in [7, 11) is 0. The third-order valence-electron chi connectivity index (χ3n) is 4.42. The Morgan fingerprint density at radius 2 is 1.41 bits per heavy atom. The van der Waals surface area contributed by atoms with Crippen LogP contribution in [0.3, 0.4) is 0 Å². The lowest BCUT2D eigenvalue weighted by molar-refractivity contribution is 0.104. The van der Waals surface area contributed by atoms with E-state index in [1.807, 2.05) is 44.2 Å². The number of ketones is 1. The molecule has 1 heterocycles. The molecule has 0 aliphatic rings. The van der Waals surface area contributed by atoms with E-state index in [1.54, 1.807) is 11.3 Å². The van der Waals surface area contributed by atoms with Crippen molar-refractivity contribution in [2.24, 2.45) is 0 Å². The molecule has 0 unspecified atom stereocenters. The maximum atomic E-state index is 13.3. The minimum atomic E-state index is 0.0891. The third kappa shape index (κ3) is 3.86. The maximum Gasteiger partial charge on any atom is 0.195 e. The summed E-state index contributed by atoms with van der Waals surface area (Å²) >= 11 is 1.70. The van der Waals surface area contributed by atoms with Crippen LogP contribution in [-0.4, -0.2) is 5.78 Å². The lowest BCUT2D eigenvalue weighted by Crippen LogP contribution is -2.01. The number of hydrogen-bond acceptors (Lipinski definition) is 2. The van der Waals surface area contributed by atoms with Gasteiger partial charge in [-0.25, -0.2) is 0 Å². The van der Waals surface area contributed by atoms with Gasteiger partial charge in [-0.05, 0) is 31.0 Å². The Kier molecular flexibility index (Phi) is 5.88. The topological polar surface area (TPSA) is 17.1 Å². The Labute approximate surface area is 165 Å². The second-order valence-corrected chi connectivity index (χ2v) is 7.42. The van der Waals surface area contributed by atoms with Gasteiger partial charge in [-0.1, -0.05) is 86.1 Å². The zero-order valence-electron chi connectivity index (χ0n) is 16.2. The van der Waals surface area contributed by atoms with E-state index in [9.17, 15) is 4.79 Å². The number of thiophene rings is 1. The largest absolute Gasteiger partial charge is 0.289 e. The fraction of sp³-hybridized carbons (Fsp3) is 0.160. The fourth-order valence-corrected chi connectivity index (χ4v) is 4.37. The molecule has 0 fully saturated rings. The molecule has 0 spiro atoms. The molecule has 136 valence electrons. The molecule has 0 N–H and O–H groups in total. The summed E-state index contributed by atoms with van der Waals surface area (Å²) in [5.41, 5.74) is 5.08. The highest BCUT2D eigenvalue weighted by molar-refractivity contribution is 7.22. The molecule has 0 saturated carbocycles. The van der Waals surface area contributed by atoms with Gasteiger partial charge < -0.3 is 0 Å². The van der Waals surface area contributed by atoms with Crippen molar-refractivity contribution in [3.8, 4) is 10.4 Å². The molecule has 0 atom stereocenters. The Bertz CT molecular complexity index is 1060. The average molecular weight is 373 g/mol. The van der Waals surface area contributed by atoms with Crippen LogP contribution < -0.4 is 0 Å². The molecule has 3 aromatic carbocycles. The van der Waals surface area contributed by atoms with Crippen molar-refractivity contribution in [3.63, 3.8) is 0 Å². The number of aryl methyl sites for hydroxylation is 2. The molecule has 1 aromatic heterocycles. The van der Waals surface area contributed by atoms with Gasteiger partial charge >= 0.3 is 0 Å². The van der Waals surface area contributed by atoms with Gasteiger partial charge in [0.15, 0.2) is 5.78 Å². The number of carbonyl (C=O) groups is 1. The van der Waals surface area contributed by atoms with Crippen LogP contribution >= 0.6 is 11.3 Å². The Hall–Kier alpha value is -2.71. The first-order valence-electron chi connectivity index (χ1n) is 9.33. The molecule has 0 saturated heterocycles. The Morgan fingerprint density at radius 3 is 2.07 bits per heavy atom. The van der Waals surface area contributed by atoms with Gasteiger partial charge in [0.25, 0.3) is 0 Å². The molecule has 4 rings (SSSR count). The van der Waals surface area contributed by atoms with E-state index in [1.165, 1.54) is 11.1 Å². The molecule has 4 aromatic rings. The van der Waals surface area contributed by atoms with Crippen molar-refractivity contribution in [1.29, 1.82) is 0 Å². The van der Waals surface area contributed by atoms with Gasteiger partial charge in [-0.3, -0.25) is 4.79 Å². The molecule has 2 heteroatoms. The van der Waals surface area contributed by atoms with E-state index in [-0.39, 0.29) is 5.78 Å². The number of benzene rings is 3. The summed E-state index contributed by atoms with van der Waals surface area (Å²) in [6.07, 6.45) is 0. The normalized spacial score (nSPS) is 10.4. The van der Waals surface area contributed by atoms with Crippen LogP contribution in [0.2, 0.25) is 0 Å². The summed E-state index contributed by atoms with van der Waals surface area (Å²) in [6.45, 7) is 8.16. The van der Waals surface area contributed by atoms with E-state index >= 15 is 0 Å². The SMILES string of the molecule is CC.Cc1ccc(-c2sc3cc(C)ccc3c2C(=O)c2ccccc2)cc1. The summed E-state index contributed by atoms with van der Waals surface area (Å²) in [5, 5.41) is 1.04. The molecule has 1 nitrogen and oxygen atoms in total. The molecule has 0 bridgehead atoms. The highest BCUT2D eigenvalue weighted by Crippen LogP contribution is 2.40. The van der Waals surface area contributed by atoms with E-state index in [2.05, 4.69) is 56.3 Å². The van der Waals surface area contributed by atoms with Crippen LogP contribution in [0.4, 0.5) is 0 Å². The van der Waals surface area contributed by atoms with Crippen molar-refractivity contribution >= 4 is 27.2 Å². The summed E-state index contributed by atoms with van der Waals surface area (Å²) in [6, 6.07) is 24.3. The minimum Gasteiger partial charge on any atom is -0.289 e. The second-order valence-electron chi connectivity index (χ2n) is 6.37. The highest BCUT2D eigenvalue weighted by atomic mass is 32.1. The molecule has 0 aliphatic heterocycles. The molecule has 0 aliphatic carbocycles. The first-order valence-corrected chi connectivity index (χ1v) is 10.1. The number of fused-ring (bicyclic) bond motifs is 1. The summed E-state index contributed by atoms with van der Waals surface area (Å²) < 4.78 is 1.16. The third-order valence-corrected chi connectivity index (χ3v) is 5.62. The highest BCUT2D eigenvalue weighted by Gasteiger charge is 2.21. The van der Waals surface area contributed by atoms with Crippen molar-refractivity contribution in [1.82, 2.24) is 0 Å². The second kappa shape index (κ2) is 8.32. The van der Waals surface area contributed by atoms with Crippen molar-refractivity contribution in [3.05, 3.63) is 95.1 Å². The first kappa shape index (κ1) is 19.1. The summed E-state index contributed by atoms with van der Waals surface area (Å²) in [4.78, 5) is 14.3. The van der Waals surface area contributed by atoms with Gasteiger partial charge in [0.05, 0.1) is 0 Å². The zero-order chi connectivity index (χ0) is 19.4. The Balaban J connectivity index is 0.00000102. The van der Waals surface area contributed by atoms with Crippen molar-refractivity contribution in [2.75, 3.05) is 0 Å². The monoisotopic (exact) mass is 372 g/mol. The smallest absolute Gasteiger partial charge is 0.195 e. The molecule has 0 amide bonds. The minimum absolute atomic E-state index is 0.0891. The average Bonchev–Trinajstić information content (AvgIpc) is 3.08. The number of hydrogen-bond donors (Lipinski definition) is 0. The lowest BCUT2D eigenvalue weighted by atomic mass is 9.97. The van der Waals surface area contributed by atoms with E-state index in [0.717, 1.165) is 31.7 Å². The summed E-state index contributed by atoms with van der Waals surface area (Å²) in [5.74, 6) is 0.0891. The van der Waals surface area contributed by atoms with Crippen molar-refractivity contribution in [2.45, 2.75) is 27.7 Å². The van der Waals surface area contributed by atoms with Crippen LogP contribution in [0.1, 0.15) is 40.9 Å². The predicted octanol–water partition coefficient (Wildman–Crippen LogP) is 7.44. The van der Waals surface area contributed by atoms with Crippen molar-refractivity contribution < 1.29 is 4.79 Å². The van der Waals surface area contributed by atoms with Crippen LogP contribution in [0, 0.1) is 13.8 Å². The van der Waals surface area contributed by atoms with Gasteiger partial charge in [0.1, 0.15) is 0 Å². The zero-order valence-corrected chi connectivity index (χ0v) is 17.1. The maximum absolute atomic E-state index is 13.3. The van der Waals surface area contributed by atoms with Crippen LogP contribution in [0.15, 0.2) is 72.8 Å². The van der Waals surface area contributed by atoms with Crippen LogP contribution in [-0.2, 0) is 0 Å². The first-order chi connectivity index (χ1) is 13.1. The number of carbonyl (C=O) groups excluding carboxylic acids is 1. The van der Waals surface area contributed by atoms with Gasteiger partial charge in [-0.2, -0.15) is 0 Å².